The van der Waals surface area contributed by atoms with E-state index >= 15 is 0 Å². The van der Waals surface area contributed by atoms with Crippen molar-refractivity contribution >= 4 is 12.4 Å². The maximum Gasteiger partial charge on any atom is 2.00 e. The third-order valence-electron chi connectivity index (χ3n) is 0.612. The van der Waals surface area contributed by atoms with Gasteiger partial charge in [0.1, 0.15) is 0 Å². The van der Waals surface area contributed by atoms with E-state index in [0.717, 1.165) is 6.47 Å². The summed E-state index contributed by atoms with van der Waals surface area (Å²) in [5, 5.41) is 0. The number of hydrogen-bond donors (Lipinski definition) is 0. The quantitative estimate of drug-likeness (QED) is 0.283. The normalized spacial score (nSPS) is 7.90. The first kappa shape index (κ1) is 12.3. The fourth-order valence-electron chi connectivity index (χ4n) is 0.347. The molecule has 0 atom stereocenters. The summed E-state index contributed by atoms with van der Waals surface area (Å²) in [5.41, 5.74) is 0. The van der Waals surface area contributed by atoms with Gasteiger partial charge in [0.05, 0.1) is 0 Å². The number of hydrogen-bond acceptors (Lipinski definition) is 3. The smallest absolute Gasteiger partial charge is 0.606 e. The molecule has 0 saturated carbocycles. The predicted molar refractivity (Wildman–Crippen MR) is 30.9 cm³/mol. The summed E-state index contributed by atoms with van der Waals surface area (Å²) in [5.74, 6) is -0.536. The third kappa shape index (κ3) is 7.63. The molecular formula is C6H8O3Zn. The minimum Gasteiger partial charge on any atom is -0.606 e. The topological polar surface area (TPSA) is 43.4 Å². The Morgan fingerprint density at radius 1 is 1.60 bits per heavy atom. The molecule has 0 aliphatic heterocycles. The molecule has 0 saturated heterocycles. The van der Waals surface area contributed by atoms with E-state index in [1.54, 1.807) is 0 Å². The van der Waals surface area contributed by atoms with Crippen LogP contribution in [0.15, 0.2) is 0 Å². The summed E-state index contributed by atoms with van der Waals surface area (Å²) in [6, 6.07) is 0. The number of carbonyl (C=O) groups excluding carboxylic acids is 2. The first-order chi connectivity index (χ1) is 4.16. The van der Waals surface area contributed by atoms with Crippen LogP contribution in [0.2, 0.25) is 0 Å². The standard InChI is InChI=1S/C6H8O3.Zn/c1-5(2)3-6(8)9-4-7;/h3,5H,1-2H3;/q-2;+2. The Balaban J connectivity index is 0. The molecule has 0 aliphatic rings. The molecule has 0 rings (SSSR count). The second-order valence-corrected chi connectivity index (χ2v) is 1.92. The van der Waals surface area contributed by atoms with Gasteiger partial charge in [0.15, 0.2) is 6.47 Å². The van der Waals surface area contributed by atoms with Crippen molar-refractivity contribution in [2.24, 2.45) is 5.92 Å². The van der Waals surface area contributed by atoms with E-state index in [9.17, 15) is 9.59 Å². The van der Waals surface area contributed by atoms with E-state index in [-0.39, 0.29) is 25.4 Å². The van der Waals surface area contributed by atoms with Gasteiger partial charge >= 0.3 is 19.5 Å². The first-order valence-electron chi connectivity index (χ1n) is 2.59. The van der Waals surface area contributed by atoms with Crippen LogP contribution >= 0.6 is 0 Å². The first-order valence-corrected chi connectivity index (χ1v) is 2.59. The van der Waals surface area contributed by atoms with E-state index in [1.807, 2.05) is 13.8 Å². The van der Waals surface area contributed by atoms with E-state index in [4.69, 9.17) is 0 Å². The molecule has 0 amide bonds. The van der Waals surface area contributed by atoms with Crippen LogP contribution in [0.1, 0.15) is 13.8 Å². The van der Waals surface area contributed by atoms with Gasteiger partial charge in [-0.1, -0.05) is 13.8 Å². The Labute approximate surface area is 72.9 Å². The zero-order chi connectivity index (χ0) is 7.28. The molecular weight excluding hydrogens is 185 g/mol. The van der Waals surface area contributed by atoms with Gasteiger partial charge < -0.3 is 20.7 Å². The Bertz CT molecular complexity index is 112. The summed E-state index contributed by atoms with van der Waals surface area (Å²) in [4.78, 5) is 19.7. The van der Waals surface area contributed by atoms with Crippen LogP contribution < -0.4 is 0 Å². The van der Waals surface area contributed by atoms with Gasteiger partial charge in [-0.15, -0.1) is 0 Å². The molecule has 0 heterocycles. The maximum absolute atomic E-state index is 10.3. The van der Waals surface area contributed by atoms with E-state index in [0.29, 0.717) is 0 Å². The fourth-order valence-corrected chi connectivity index (χ4v) is 0.347. The average Bonchev–Trinajstić information content (AvgIpc) is 1.63. The summed E-state index contributed by atoms with van der Waals surface area (Å²) in [6.45, 7) is 4.67. The Morgan fingerprint density at radius 3 is 2.40 bits per heavy atom. The molecule has 0 aromatic heterocycles. The molecule has 52 valence electrons. The van der Waals surface area contributed by atoms with Crippen molar-refractivity contribution in [1.82, 2.24) is 0 Å². The molecule has 0 radical (unpaired) electrons. The van der Waals surface area contributed by atoms with Gasteiger partial charge in [-0.2, -0.15) is 5.92 Å². The van der Waals surface area contributed by atoms with Crippen LogP contribution in [0.5, 0.6) is 0 Å². The van der Waals surface area contributed by atoms with Crippen LogP contribution in [0.3, 0.4) is 0 Å². The average molecular weight is 194 g/mol. The molecule has 0 bridgehead atoms. The second-order valence-electron chi connectivity index (χ2n) is 1.92. The fraction of sp³-hybridized carbons (Fsp3) is 0.500. The number of esters is 1. The monoisotopic (exact) mass is 192 g/mol. The Morgan fingerprint density at radius 2 is 2.10 bits per heavy atom. The molecule has 0 aromatic rings. The predicted octanol–water partition coefficient (Wildman–Crippen LogP) is 0.455. The zero-order valence-corrected chi connectivity index (χ0v) is 9.05. The molecule has 0 N–H and O–H groups in total. The number of ether oxygens (including phenoxy) is 1. The third-order valence-corrected chi connectivity index (χ3v) is 0.612. The Kier molecular flexibility index (Phi) is 8.32. The van der Waals surface area contributed by atoms with Crippen molar-refractivity contribution in [2.75, 3.05) is 0 Å². The molecule has 3 nitrogen and oxygen atoms in total. The molecule has 0 spiro atoms. The number of rotatable bonds is 3. The summed E-state index contributed by atoms with van der Waals surface area (Å²) in [6.07, 6.45) is 1.30. The molecule has 0 unspecified atom stereocenters. The van der Waals surface area contributed by atoms with Crippen molar-refractivity contribution in [3.05, 3.63) is 6.42 Å². The van der Waals surface area contributed by atoms with Crippen molar-refractivity contribution in [1.29, 1.82) is 0 Å². The van der Waals surface area contributed by atoms with Gasteiger partial charge in [-0.25, -0.2) is 0 Å². The van der Waals surface area contributed by atoms with E-state index in [2.05, 4.69) is 4.74 Å². The van der Waals surface area contributed by atoms with Crippen molar-refractivity contribution in [2.45, 2.75) is 13.8 Å². The summed E-state index contributed by atoms with van der Waals surface area (Å²) >= 11 is 0. The summed E-state index contributed by atoms with van der Waals surface area (Å²) in [7, 11) is 0. The maximum atomic E-state index is 10.3. The number of carbonyl (C=O) groups is 1. The van der Waals surface area contributed by atoms with Gasteiger partial charge in [0.25, 0.3) is 0 Å². The van der Waals surface area contributed by atoms with E-state index < -0.39 is 5.97 Å². The molecule has 4 heteroatoms. The largest absolute Gasteiger partial charge is 2.00 e. The van der Waals surface area contributed by atoms with Crippen molar-refractivity contribution in [3.63, 3.8) is 0 Å². The molecule has 0 aromatic carbocycles. The van der Waals surface area contributed by atoms with Crippen LogP contribution in [0, 0.1) is 12.3 Å². The van der Waals surface area contributed by atoms with Gasteiger partial charge in [0.2, 0.25) is 0 Å². The van der Waals surface area contributed by atoms with Crippen molar-refractivity contribution in [3.8, 4) is 0 Å². The molecule has 0 aliphatic carbocycles. The zero-order valence-electron chi connectivity index (χ0n) is 6.09. The van der Waals surface area contributed by atoms with Crippen LogP contribution in [0.4, 0.5) is 0 Å². The van der Waals surface area contributed by atoms with Gasteiger partial charge in [-0.3, -0.25) is 0 Å². The minimum atomic E-state index is -0.639. The summed E-state index contributed by atoms with van der Waals surface area (Å²) < 4.78 is 3.85. The van der Waals surface area contributed by atoms with Gasteiger partial charge in [-0.05, 0) is 0 Å². The van der Waals surface area contributed by atoms with Crippen LogP contribution in [0.25, 0.3) is 0 Å². The second kappa shape index (κ2) is 6.75. The molecule has 10 heavy (non-hydrogen) atoms. The van der Waals surface area contributed by atoms with Crippen molar-refractivity contribution < 1.29 is 33.8 Å². The van der Waals surface area contributed by atoms with E-state index in [1.165, 1.54) is 6.42 Å². The molecule has 0 fully saturated rings. The van der Waals surface area contributed by atoms with Crippen LogP contribution in [-0.2, 0) is 33.8 Å². The Hall–Kier alpha value is -0.367. The van der Waals surface area contributed by atoms with Crippen LogP contribution in [-0.4, -0.2) is 12.4 Å². The SMILES string of the molecule is CC(C)[CH-]C(=O)O[C-]=O.[Zn+2]. The van der Waals surface area contributed by atoms with Gasteiger partial charge in [0, 0.05) is 5.97 Å². The minimum absolute atomic E-state index is 0.